The molecule has 1 aromatic carbocycles. The fourth-order valence-corrected chi connectivity index (χ4v) is 6.30. The molecule has 3 aromatic heterocycles. The van der Waals surface area contributed by atoms with Crippen molar-refractivity contribution in [1.29, 1.82) is 0 Å². The van der Waals surface area contributed by atoms with Gasteiger partial charge in [0.05, 0.1) is 6.04 Å². The van der Waals surface area contributed by atoms with Crippen molar-refractivity contribution < 1.29 is 0 Å². The number of hydrogen-bond acceptors (Lipinski definition) is 9. The zero-order valence-electron chi connectivity index (χ0n) is 16.4. The van der Waals surface area contributed by atoms with Gasteiger partial charge in [-0.05, 0) is 49.2 Å². The SMILES string of the molecule is Cc1ccc(Nc2nnc(SCC3CSc4nnc(-c5cccnc5)n43)s2)cc1C. The Morgan fingerprint density at radius 2 is 2.07 bits per heavy atom. The normalized spacial score (nSPS) is 15.3. The Morgan fingerprint density at radius 1 is 1.13 bits per heavy atom. The van der Waals surface area contributed by atoms with Crippen LogP contribution in [0, 0.1) is 13.8 Å². The minimum atomic E-state index is 0.306. The van der Waals surface area contributed by atoms with E-state index in [1.165, 1.54) is 11.1 Å². The summed E-state index contributed by atoms with van der Waals surface area (Å²) in [5, 5.41) is 22.5. The lowest BCUT2D eigenvalue weighted by molar-refractivity contribution is 0.597. The Kier molecular flexibility index (Phi) is 5.45. The molecule has 10 heteroatoms. The van der Waals surface area contributed by atoms with E-state index in [1.54, 1.807) is 41.1 Å². The highest BCUT2D eigenvalue weighted by atomic mass is 32.2. The van der Waals surface area contributed by atoms with Crippen LogP contribution in [-0.4, -0.2) is 41.5 Å². The predicted octanol–water partition coefficient (Wildman–Crippen LogP) is 4.99. The molecular weight excluding hydrogens is 434 g/mol. The van der Waals surface area contributed by atoms with Crippen molar-refractivity contribution in [2.45, 2.75) is 29.4 Å². The molecule has 30 heavy (non-hydrogen) atoms. The van der Waals surface area contributed by atoms with Crippen molar-refractivity contribution in [2.75, 3.05) is 16.8 Å². The van der Waals surface area contributed by atoms with Crippen LogP contribution >= 0.6 is 34.9 Å². The number of nitrogens with one attached hydrogen (secondary N) is 1. The molecule has 0 fully saturated rings. The summed E-state index contributed by atoms with van der Waals surface area (Å²) in [4.78, 5) is 4.22. The highest BCUT2D eigenvalue weighted by Crippen LogP contribution is 2.39. The number of nitrogens with zero attached hydrogens (tertiary/aromatic N) is 6. The van der Waals surface area contributed by atoms with Gasteiger partial charge in [0.1, 0.15) is 0 Å². The Hall–Kier alpha value is -2.43. The van der Waals surface area contributed by atoms with Crippen molar-refractivity contribution in [2.24, 2.45) is 0 Å². The molecule has 1 aliphatic rings. The van der Waals surface area contributed by atoms with E-state index in [1.807, 2.05) is 18.3 Å². The van der Waals surface area contributed by atoms with E-state index >= 15 is 0 Å². The molecule has 1 unspecified atom stereocenters. The monoisotopic (exact) mass is 453 g/mol. The Balaban J connectivity index is 1.26. The summed E-state index contributed by atoms with van der Waals surface area (Å²) in [6.07, 6.45) is 3.60. The molecule has 0 saturated carbocycles. The Labute approximate surface area is 186 Å². The van der Waals surface area contributed by atoms with Crippen molar-refractivity contribution in [3.05, 3.63) is 53.9 Å². The molecule has 5 rings (SSSR count). The van der Waals surface area contributed by atoms with Gasteiger partial charge in [0, 0.05) is 35.2 Å². The first kappa shape index (κ1) is 19.5. The third-order valence-corrected chi connectivity index (χ3v) is 8.12. The van der Waals surface area contributed by atoms with Gasteiger partial charge < -0.3 is 5.32 Å². The van der Waals surface area contributed by atoms with Gasteiger partial charge in [0.15, 0.2) is 15.3 Å². The average Bonchev–Trinajstić information content (AvgIpc) is 3.47. The molecule has 4 aromatic rings. The molecule has 0 spiro atoms. The fraction of sp³-hybridized carbons (Fsp3) is 0.250. The zero-order valence-corrected chi connectivity index (χ0v) is 18.9. The number of anilines is 2. The van der Waals surface area contributed by atoms with Crippen LogP contribution in [0.15, 0.2) is 52.2 Å². The third kappa shape index (κ3) is 3.94. The maximum atomic E-state index is 4.38. The van der Waals surface area contributed by atoms with E-state index < -0.39 is 0 Å². The summed E-state index contributed by atoms with van der Waals surface area (Å²) in [7, 11) is 0. The molecule has 7 nitrogen and oxygen atoms in total. The van der Waals surface area contributed by atoms with Crippen LogP contribution in [0.3, 0.4) is 0 Å². The van der Waals surface area contributed by atoms with Crippen LogP contribution in [0.25, 0.3) is 11.4 Å². The van der Waals surface area contributed by atoms with Crippen LogP contribution in [0.1, 0.15) is 17.2 Å². The molecule has 0 bridgehead atoms. The van der Waals surface area contributed by atoms with Gasteiger partial charge in [-0.1, -0.05) is 40.9 Å². The van der Waals surface area contributed by atoms with Gasteiger partial charge in [0.2, 0.25) is 5.13 Å². The van der Waals surface area contributed by atoms with E-state index in [0.717, 1.165) is 43.2 Å². The molecule has 1 aliphatic heterocycles. The molecular formula is C20H19N7S3. The van der Waals surface area contributed by atoms with Crippen molar-refractivity contribution in [3.8, 4) is 11.4 Å². The summed E-state index contributed by atoms with van der Waals surface area (Å²) in [6, 6.07) is 10.6. The number of aromatic nitrogens is 6. The van der Waals surface area contributed by atoms with Crippen LogP contribution in [0.5, 0.6) is 0 Å². The van der Waals surface area contributed by atoms with Gasteiger partial charge in [-0.3, -0.25) is 9.55 Å². The van der Waals surface area contributed by atoms with Gasteiger partial charge in [-0.15, -0.1) is 20.4 Å². The van der Waals surface area contributed by atoms with E-state index in [-0.39, 0.29) is 0 Å². The second kappa shape index (κ2) is 8.37. The predicted molar refractivity (Wildman–Crippen MR) is 123 cm³/mol. The number of pyridine rings is 1. The number of aryl methyl sites for hydroxylation is 2. The highest BCUT2D eigenvalue weighted by molar-refractivity contribution is 8.01. The average molecular weight is 454 g/mol. The maximum Gasteiger partial charge on any atom is 0.210 e. The lowest BCUT2D eigenvalue weighted by Gasteiger charge is -2.13. The van der Waals surface area contributed by atoms with Crippen LogP contribution < -0.4 is 5.32 Å². The van der Waals surface area contributed by atoms with E-state index in [2.05, 4.69) is 67.3 Å². The van der Waals surface area contributed by atoms with Crippen LogP contribution in [-0.2, 0) is 0 Å². The largest absolute Gasteiger partial charge is 0.330 e. The number of rotatable bonds is 6. The first-order chi connectivity index (χ1) is 14.7. The van der Waals surface area contributed by atoms with E-state index in [4.69, 9.17) is 0 Å². The Morgan fingerprint density at radius 3 is 2.90 bits per heavy atom. The molecule has 0 aliphatic carbocycles. The molecule has 0 radical (unpaired) electrons. The van der Waals surface area contributed by atoms with Crippen molar-refractivity contribution in [1.82, 2.24) is 29.9 Å². The highest BCUT2D eigenvalue weighted by Gasteiger charge is 2.29. The van der Waals surface area contributed by atoms with Gasteiger partial charge in [-0.25, -0.2) is 0 Å². The van der Waals surface area contributed by atoms with E-state index in [9.17, 15) is 0 Å². The summed E-state index contributed by atoms with van der Waals surface area (Å²) < 4.78 is 3.18. The smallest absolute Gasteiger partial charge is 0.210 e. The second-order valence-corrected chi connectivity index (χ2v) is 10.2. The molecule has 1 N–H and O–H groups in total. The number of hydrogen-bond donors (Lipinski definition) is 1. The van der Waals surface area contributed by atoms with E-state index in [0.29, 0.717) is 6.04 Å². The molecule has 4 heterocycles. The third-order valence-electron chi connectivity index (χ3n) is 4.92. The van der Waals surface area contributed by atoms with Crippen molar-refractivity contribution in [3.63, 3.8) is 0 Å². The fourth-order valence-electron chi connectivity index (χ4n) is 3.19. The summed E-state index contributed by atoms with van der Waals surface area (Å²) in [5.74, 6) is 2.75. The molecule has 0 amide bonds. The quantitative estimate of drug-likeness (QED) is 0.409. The topological polar surface area (TPSA) is 81.4 Å². The number of benzene rings is 1. The first-order valence-corrected chi connectivity index (χ1v) is 12.2. The van der Waals surface area contributed by atoms with Crippen LogP contribution in [0.4, 0.5) is 10.8 Å². The minimum Gasteiger partial charge on any atom is -0.330 e. The first-order valence-electron chi connectivity index (χ1n) is 9.46. The van der Waals surface area contributed by atoms with Gasteiger partial charge >= 0.3 is 0 Å². The Bertz CT molecular complexity index is 1170. The van der Waals surface area contributed by atoms with Crippen LogP contribution in [0.2, 0.25) is 0 Å². The lowest BCUT2D eigenvalue weighted by atomic mass is 10.1. The molecule has 152 valence electrons. The standard InChI is InChI=1S/C20H19N7S3/c1-12-5-6-15(8-13(12)2)22-18-24-26-20(30-18)29-11-16-10-28-19-25-23-17(27(16)19)14-4-3-7-21-9-14/h3-9,16H,10-11H2,1-2H3,(H,22,24). The molecule has 0 saturated heterocycles. The van der Waals surface area contributed by atoms with Gasteiger partial charge in [-0.2, -0.15) is 0 Å². The second-order valence-electron chi connectivity index (χ2n) is 6.99. The zero-order chi connectivity index (χ0) is 20.5. The maximum absolute atomic E-state index is 4.38. The van der Waals surface area contributed by atoms with Crippen molar-refractivity contribution >= 4 is 45.7 Å². The molecule has 1 atom stereocenters. The lowest BCUT2D eigenvalue weighted by Crippen LogP contribution is -2.11. The summed E-state index contributed by atoms with van der Waals surface area (Å²) in [5.41, 5.74) is 4.56. The summed E-state index contributed by atoms with van der Waals surface area (Å²) in [6.45, 7) is 4.22. The minimum absolute atomic E-state index is 0.306. The van der Waals surface area contributed by atoms with Gasteiger partial charge in [0.25, 0.3) is 0 Å². The number of fused-ring (bicyclic) bond motifs is 1. The summed E-state index contributed by atoms with van der Waals surface area (Å²) >= 11 is 5.05. The number of thioether (sulfide) groups is 2.